The fourth-order valence-corrected chi connectivity index (χ4v) is 3.87. The molecule has 1 fully saturated rings. The Morgan fingerprint density at radius 2 is 2.05 bits per heavy atom. The fourth-order valence-electron chi connectivity index (χ4n) is 2.46. The van der Waals surface area contributed by atoms with Crippen LogP contribution in [0.2, 0.25) is 0 Å². The average molecular weight is 314 g/mol. The lowest BCUT2D eigenvalue weighted by Gasteiger charge is -2.30. The molecule has 0 amide bonds. The molecule has 0 atom stereocenters. The molecule has 9 heteroatoms. The summed E-state index contributed by atoms with van der Waals surface area (Å²) in [5.41, 5.74) is 5.51. The Hall–Kier alpha value is -1.58. The number of aromatic nitrogens is 1. The minimum Gasteiger partial charge on any atom is -0.358 e. The molecule has 0 bridgehead atoms. The average Bonchev–Trinajstić information content (AvgIpc) is 2.48. The lowest BCUT2D eigenvalue weighted by Crippen LogP contribution is -2.38. The number of piperidine rings is 1. The summed E-state index contributed by atoms with van der Waals surface area (Å²) in [7, 11) is -3.63. The number of hydrogen-bond donors (Lipinski definition) is 1. The lowest BCUT2D eigenvalue weighted by molar-refractivity contribution is -0.389. The van der Waals surface area contributed by atoms with Gasteiger partial charge in [-0.15, -0.1) is 0 Å². The highest BCUT2D eigenvalue weighted by Gasteiger charge is 2.30. The van der Waals surface area contributed by atoms with Crippen LogP contribution in [-0.2, 0) is 10.0 Å². The molecule has 2 rings (SSSR count). The minimum atomic E-state index is -3.63. The number of sulfonamides is 1. The van der Waals surface area contributed by atoms with Gasteiger partial charge >= 0.3 is 5.82 Å². The van der Waals surface area contributed by atoms with Gasteiger partial charge in [0.15, 0.2) is 6.20 Å². The van der Waals surface area contributed by atoms with Crippen LogP contribution in [-0.4, -0.2) is 42.3 Å². The summed E-state index contributed by atoms with van der Waals surface area (Å²) < 4.78 is 26.3. The molecule has 0 saturated carbocycles. The molecule has 2 N–H and O–H groups in total. The van der Waals surface area contributed by atoms with E-state index in [1.165, 1.54) is 10.4 Å². The van der Waals surface area contributed by atoms with Crippen LogP contribution in [0.5, 0.6) is 0 Å². The number of hydrogen-bond acceptors (Lipinski definition) is 6. The Kier molecular flexibility index (Phi) is 4.86. The van der Waals surface area contributed by atoms with Gasteiger partial charge in [0.2, 0.25) is 10.0 Å². The summed E-state index contributed by atoms with van der Waals surface area (Å²) in [5.74, 6) is 0.104. The van der Waals surface area contributed by atoms with Gasteiger partial charge in [-0.3, -0.25) is 0 Å². The van der Waals surface area contributed by atoms with Crippen LogP contribution in [0.3, 0.4) is 0 Å². The highest BCUT2D eigenvalue weighted by Crippen LogP contribution is 2.25. The third-order valence-electron chi connectivity index (χ3n) is 3.69. The normalized spacial score (nSPS) is 17.8. The lowest BCUT2D eigenvalue weighted by atomic mass is 9.95. The molecule has 0 aliphatic carbocycles. The van der Waals surface area contributed by atoms with Gasteiger partial charge in [0, 0.05) is 19.2 Å². The van der Waals surface area contributed by atoms with Gasteiger partial charge in [-0.1, -0.05) is 0 Å². The molecule has 0 spiro atoms. The molecule has 2 heterocycles. The van der Waals surface area contributed by atoms with E-state index in [-0.39, 0.29) is 10.7 Å². The van der Waals surface area contributed by atoms with E-state index in [9.17, 15) is 18.5 Å². The van der Waals surface area contributed by atoms with E-state index in [0.717, 1.165) is 31.5 Å². The Morgan fingerprint density at radius 3 is 2.52 bits per heavy atom. The predicted molar refractivity (Wildman–Crippen MR) is 76.0 cm³/mol. The second kappa shape index (κ2) is 6.46. The quantitative estimate of drug-likeness (QED) is 0.632. The van der Waals surface area contributed by atoms with E-state index >= 15 is 0 Å². The zero-order valence-electron chi connectivity index (χ0n) is 11.5. The number of pyridine rings is 1. The first-order valence-electron chi connectivity index (χ1n) is 6.76. The van der Waals surface area contributed by atoms with E-state index in [1.54, 1.807) is 0 Å². The summed E-state index contributed by atoms with van der Waals surface area (Å²) in [6.45, 7) is 1.51. The summed E-state index contributed by atoms with van der Waals surface area (Å²) in [5, 5.41) is 10.5. The van der Waals surface area contributed by atoms with Crippen molar-refractivity contribution in [1.82, 2.24) is 9.29 Å². The molecule has 116 valence electrons. The van der Waals surface area contributed by atoms with Gasteiger partial charge in [0.1, 0.15) is 4.90 Å². The fraction of sp³-hybridized carbons (Fsp3) is 0.583. The molecular weight excluding hydrogens is 296 g/mol. The van der Waals surface area contributed by atoms with Crippen LogP contribution in [0.15, 0.2) is 23.2 Å². The molecule has 0 aromatic carbocycles. The summed E-state index contributed by atoms with van der Waals surface area (Å²) >= 11 is 0. The standard InChI is InChI=1S/C12H18N4O4S/c13-6-3-10-4-7-15(8-5-10)21(19,20)11-1-2-12(14-9-11)16(17)18/h1-2,9-10H,3-8,13H2. The van der Waals surface area contributed by atoms with Crippen LogP contribution >= 0.6 is 0 Å². The maximum atomic E-state index is 12.4. The van der Waals surface area contributed by atoms with Crippen molar-refractivity contribution in [2.45, 2.75) is 24.2 Å². The van der Waals surface area contributed by atoms with Crippen molar-refractivity contribution in [2.24, 2.45) is 11.7 Å². The largest absolute Gasteiger partial charge is 0.363 e. The predicted octanol–water partition coefficient (Wildman–Crippen LogP) is 0.739. The van der Waals surface area contributed by atoms with Gasteiger partial charge in [0.05, 0.1) is 0 Å². The highest BCUT2D eigenvalue weighted by molar-refractivity contribution is 7.89. The second-order valence-electron chi connectivity index (χ2n) is 5.03. The van der Waals surface area contributed by atoms with Gasteiger partial charge in [0.25, 0.3) is 0 Å². The van der Waals surface area contributed by atoms with Gasteiger partial charge in [-0.25, -0.2) is 8.42 Å². The molecule has 1 aliphatic heterocycles. The molecule has 1 aromatic rings. The van der Waals surface area contributed by atoms with Crippen molar-refractivity contribution in [2.75, 3.05) is 19.6 Å². The summed E-state index contributed by atoms with van der Waals surface area (Å²) in [6, 6.07) is 2.33. The molecule has 8 nitrogen and oxygen atoms in total. The van der Waals surface area contributed by atoms with E-state index in [4.69, 9.17) is 5.73 Å². The number of rotatable bonds is 5. The SMILES string of the molecule is NCCC1CCN(S(=O)(=O)c2ccc([N+](=O)[O-])nc2)CC1. The first-order chi connectivity index (χ1) is 9.95. The highest BCUT2D eigenvalue weighted by atomic mass is 32.2. The maximum absolute atomic E-state index is 12.4. The topological polar surface area (TPSA) is 119 Å². The van der Waals surface area contributed by atoms with E-state index in [2.05, 4.69) is 4.98 Å². The Balaban J connectivity index is 2.10. The van der Waals surface area contributed by atoms with Crippen LogP contribution in [0, 0.1) is 16.0 Å². The van der Waals surface area contributed by atoms with Crippen LogP contribution < -0.4 is 5.73 Å². The Bertz CT molecular complexity index is 594. The van der Waals surface area contributed by atoms with Gasteiger partial charge < -0.3 is 15.8 Å². The molecule has 1 aliphatic rings. The number of nitrogens with two attached hydrogens (primary N) is 1. The van der Waals surface area contributed by atoms with Crippen LogP contribution in [0.1, 0.15) is 19.3 Å². The Labute approximate surface area is 123 Å². The molecule has 0 radical (unpaired) electrons. The number of nitrogens with zero attached hydrogens (tertiary/aromatic N) is 3. The van der Waals surface area contributed by atoms with Crippen LogP contribution in [0.4, 0.5) is 5.82 Å². The van der Waals surface area contributed by atoms with Crippen molar-refractivity contribution in [3.05, 3.63) is 28.4 Å². The van der Waals surface area contributed by atoms with Crippen molar-refractivity contribution >= 4 is 15.8 Å². The van der Waals surface area contributed by atoms with Crippen molar-refractivity contribution in [1.29, 1.82) is 0 Å². The van der Waals surface area contributed by atoms with E-state index in [1.807, 2.05) is 0 Å². The maximum Gasteiger partial charge on any atom is 0.363 e. The zero-order valence-corrected chi connectivity index (χ0v) is 12.3. The van der Waals surface area contributed by atoms with Crippen molar-refractivity contribution in [3.8, 4) is 0 Å². The number of nitro groups is 1. The smallest absolute Gasteiger partial charge is 0.358 e. The van der Waals surface area contributed by atoms with Crippen molar-refractivity contribution in [3.63, 3.8) is 0 Å². The third-order valence-corrected chi connectivity index (χ3v) is 5.58. The van der Waals surface area contributed by atoms with Gasteiger partial charge in [-0.2, -0.15) is 4.31 Å². The van der Waals surface area contributed by atoms with Crippen LogP contribution in [0.25, 0.3) is 0 Å². The first-order valence-corrected chi connectivity index (χ1v) is 8.20. The Morgan fingerprint density at radius 1 is 1.38 bits per heavy atom. The summed E-state index contributed by atoms with van der Waals surface area (Å²) in [6.07, 6.45) is 3.53. The molecule has 1 saturated heterocycles. The second-order valence-corrected chi connectivity index (χ2v) is 6.97. The van der Waals surface area contributed by atoms with E-state index in [0.29, 0.717) is 25.6 Å². The molecular formula is C12H18N4O4S. The van der Waals surface area contributed by atoms with Crippen molar-refractivity contribution < 1.29 is 13.3 Å². The molecule has 0 unspecified atom stereocenters. The molecule has 21 heavy (non-hydrogen) atoms. The third kappa shape index (κ3) is 3.55. The monoisotopic (exact) mass is 314 g/mol. The molecule has 1 aromatic heterocycles. The van der Waals surface area contributed by atoms with Gasteiger partial charge in [-0.05, 0) is 47.7 Å². The minimum absolute atomic E-state index is 0.00891. The zero-order chi connectivity index (χ0) is 15.5. The first kappa shape index (κ1) is 15.8. The van der Waals surface area contributed by atoms with E-state index < -0.39 is 14.9 Å². The summed E-state index contributed by atoms with van der Waals surface area (Å²) in [4.78, 5) is 13.4.